The fourth-order valence-corrected chi connectivity index (χ4v) is 0.837. The molecule has 0 N–H and O–H groups in total. The molecule has 4 nitrogen and oxygen atoms in total. The Morgan fingerprint density at radius 1 is 1.64 bits per heavy atom. The van der Waals surface area contributed by atoms with E-state index in [2.05, 4.69) is 4.98 Å². The van der Waals surface area contributed by atoms with Gasteiger partial charge in [0.15, 0.2) is 0 Å². The van der Waals surface area contributed by atoms with Gasteiger partial charge in [0.2, 0.25) is 0 Å². The Hall–Kier alpha value is -1.68. The molecule has 0 aliphatic heterocycles. The van der Waals surface area contributed by atoms with Crippen molar-refractivity contribution in [2.75, 3.05) is 14.2 Å². The van der Waals surface area contributed by atoms with Gasteiger partial charge in [-0.3, -0.25) is 14.6 Å². The fourth-order valence-electron chi connectivity index (χ4n) is 0.837. The van der Waals surface area contributed by atoms with Crippen LogP contribution >= 0.6 is 0 Å². The molecule has 0 saturated heterocycles. The van der Waals surface area contributed by atoms with Crippen LogP contribution in [0.5, 0.6) is 0 Å². The normalized spacial score (nSPS) is 10.4. The topological polar surface area (TPSA) is 42.4 Å². The van der Waals surface area contributed by atoms with Gasteiger partial charge in [0.05, 0.1) is 7.11 Å². The van der Waals surface area contributed by atoms with Crippen molar-refractivity contribution >= 4 is 12.0 Å². The molecule has 4 heteroatoms. The molecule has 74 valence electrons. The number of likely N-dealkylation sites (N-methyl/N-ethyl adjacent to an activating group) is 1. The summed E-state index contributed by atoms with van der Waals surface area (Å²) in [7, 11) is 2.99. The molecule has 0 unspecified atom stereocenters. The minimum absolute atomic E-state index is 0.212. The molecule has 1 aromatic rings. The number of carbonyl (C=O) groups excluding carboxylic acids is 1. The quantitative estimate of drug-likeness (QED) is 0.532. The molecule has 1 heterocycles. The Morgan fingerprint density at radius 2 is 2.43 bits per heavy atom. The smallest absolute Gasteiger partial charge is 0.269 e. The van der Waals surface area contributed by atoms with E-state index in [1.54, 1.807) is 25.5 Å². The van der Waals surface area contributed by atoms with Gasteiger partial charge < -0.3 is 0 Å². The third kappa shape index (κ3) is 2.99. The number of aromatic nitrogens is 1. The zero-order valence-corrected chi connectivity index (χ0v) is 8.18. The van der Waals surface area contributed by atoms with Gasteiger partial charge in [0.25, 0.3) is 5.91 Å². The van der Waals surface area contributed by atoms with E-state index in [-0.39, 0.29) is 5.91 Å². The molecule has 0 atom stereocenters. The van der Waals surface area contributed by atoms with E-state index < -0.39 is 0 Å². The van der Waals surface area contributed by atoms with Crippen molar-refractivity contribution in [3.8, 4) is 0 Å². The molecule has 1 amide bonds. The molecule has 0 aromatic carbocycles. The van der Waals surface area contributed by atoms with Crippen LogP contribution in [0.1, 0.15) is 5.56 Å². The minimum Gasteiger partial charge on any atom is -0.274 e. The number of nitrogens with zero attached hydrogens (tertiary/aromatic N) is 2. The molecule has 0 spiro atoms. The number of pyridine rings is 1. The SMILES string of the molecule is CON(C)C(=O)/C=C/c1cccnc1. The van der Waals surface area contributed by atoms with Crippen LogP contribution in [-0.4, -0.2) is 30.1 Å². The highest BCUT2D eigenvalue weighted by atomic mass is 16.7. The highest BCUT2D eigenvalue weighted by Crippen LogP contribution is 1.99. The zero-order chi connectivity index (χ0) is 10.4. The molecule has 0 radical (unpaired) electrons. The van der Waals surface area contributed by atoms with Gasteiger partial charge in [-0.1, -0.05) is 6.07 Å². The van der Waals surface area contributed by atoms with E-state index in [0.717, 1.165) is 10.6 Å². The van der Waals surface area contributed by atoms with Gasteiger partial charge in [-0.15, -0.1) is 0 Å². The first kappa shape index (κ1) is 10.4. The fraction of sp³-hybridized carbons (Fsp3) is 0.200. The lowest BCUT2D eigenvalue weighted by molar-refractivity contribution is -0.162. The lowest BCUT2D eigenvalue weighted by Gasteiger charge is -2.09. The molecule has 0 bridgehead atoms. The molecule has 1 rings (SSSR count). The largest absolute Gasteiger partial charge is 0.274 e. The van der Waals surface area contributed by atoms with Gasteiger partial charge in [0, 0.05) is 25.5 Å². The van der Waals surface area contributed by atoms with Crippen LogP contribution in [0.2, 0.25) is 0 Å². The van der Waals surface area contributed by atoms with Crippen molar-refractivity contribution in [2.45, 2.75) is 0 Å². The van der Waals surface area contributed by atoms with E-state index in [4.69, 9.17) is 4.84 Å². The number of amides is 1. The van der Waals surface area contributed by atoms with Crippen LogP contribution in [0.25, 0.3) is 6.08 Å². The highest BCUT2D eigenvalue weighted by Gasteiger charge is 2.01. The maximum atomic E-state index is 11.2. The van der Waals surface area contributed by atoms with Crippen molar-refractivity contribution in [1.29, 1.82) is 0 Å². The van der Waals surface area contributed by atoms with E-state index in [9.17, 15) is 4.79 Å². The molecule has 1 aromatic heterocycles. The molecule has 0 aliphatic rings. The van der Waals surface area contributed by atoms with Crippen LogP contribution in [0.15, 0.2) is 30.6 Å². The van der Waals surface area contributed by atoms with Gasteiger partial charge in [-0.2, -0.15) is 0 Å². The van der Waals surface area contributed by atoms with Crippen LogP contribution in [0.3, 0.4) is 0 Å². The monoisotopic (exact) mass is 192 g/mol. The standard InChI is InChI=1S/C10H12N2O2/c1-12(14-2)10(13)6-5-9-4-3-7-11-8-9/h3-8H,1-2H3/b6-5+. The maximum absolute atomic E-state index is 11.2. The molecule has 0 saturated carbocycles. The van der Waals surface area contributed by atoms with E-state index in [1.807, 2.05) is 12.1 Å². The number of hydroxylamine groups is 2. The summed E-state index contributed by atoms with van der Waals surface area (Å²) in [5.41, 5.74) is 0.880. The van der Waals surface area contributed by atoms with Crippen molar-refractivity contribution in [3.63, 3.8) is 0 Å². The highest BCUT2D eigenvalue weighted by molar-refractivity contribution is 5.90. The first-order chi connectivity index (χ1) is 6.74. The number of hydrogen-bond acceptors (Lipinski definition) is 3. The third-order valence-electron chi connectivity index (χ3n) is 1.69. The lowest BCUT2D eigenvalue weighted by Crippen LogP contribution is -2.22. The Labute approximate surface area is 82.8 Å². The minimum atomic E-state index is -0.212. The van der Waals surface area contributed by atoms with Gasteiger partial charge in [-0.25, -0.2) is 5.06 Å². The van der Waals surface area contributed by atoms with Crippen LogP contribution < -0.4 is 0 Å². The molecular formula is C10H12N2O2. The summed E-state index contributed by atoms with van der Waals surface area (Å²) < 4.78 is 0. The Balaban J connectivity index is 2.61. The number of rotatable bonds is 3. The lowest BCUT2D eigenvalue weighted by atomic mass is 10.2. The van der Waals surface area contributed by atoms with E-state index in [0.29, 0.717) is 0 Å². The second kappa shape index (κ2) is 5.14. The van der Waals surface area contributed by atoms with Gasteiger partial charge in [0.1, 0.15) is 0 Å². The second-order valence-corrected chi connectivity index (χ2v) is 2.64. The molecular weight excluding hydrogens is 180 g/mol. The summed E-state index contributed by atoms with van der Waals surface area (Å²) in [6.45, 7) is 0. The van der Waals surface area contributed by atoms with Crippen molar-refractivity contribution in [2.24, 2.45) is 0 Å². The maximum Gasteiger partial charge on any atom is 0.269 e. The predicted molar refractivity (Wildman–Crippen MR) is 53.1 cm³/mol. The van der Waals surface area contributed by atoms with Gasteiger partial charge in [-0.05, 0) is 17.7 Å². The summed E-state index contributed by atoms with van der Waals surface area (Å²) in [5.74, 6) is -0.212. The van der Waals surface area contributed by atoms with Crippen LogP contribution in [0, 0.1) is 0 Å². The molecule has 0 fully saturated rings. The van der Waals surface area contributed by atoms with Crippen molar-refractivity contribution < 1.29 is 9.63 Å². The average Bonchev–Trinajstić information content (AvgIpc) is 2.26. The Bertz CT molecular complexity index is 322. The van der Waals surface area contributed by atoms with Crippen LogP contribution in [-0.2, 0) is 9.63 Å². The number of hydrogen-bond donors (Lipinski definition) is 0. The van der Waals surface area contributed by atoms with E-state index in [1.165, 1.54) is 13.2 Å². The molecule has 0 aliphatic carbocycles. The summed E-state index contributed by atoms with van der Waals surface area (Å²) in [5, 5.41) is 1.15. The Kier molecular flexibility index (Phi) is 3.82. The first-order valence-corrected chi connectivity index (χ1v) is 4.14. The molecule has 14 heavy (non-hydrogen) atoms. The zero-order valence-electron chi connectivity index (χ0n) is 8.18. The van der Waals surface area contributed by atoms with Crippen molar-refractivity contribution in [1.82, 2.24) is 10.0 Å². The third-order valence-corrected chi connectivity index (χ3v) is 1.69. The van der Waals surface area contributed by atoms with Crippen LogP contribution in [0.4, 0.5) is 0 Å². The summed E-state index contributed by atoms with van der Waals surface area (Å²) in [6, 6.07) is 3.67. The average molecular weight is 192 g/mol. The Morgan fingerprint density at radius 3 is 3.00 bits per heavy atom. The predicted octanol–water partition coefficient (Wildman–Crippen LogP) is 1.11. The second-order valence-electron chi connectivity index (χ2n) is 2.64. The summed E-state index contributed by atoms with van der Waals surface area (Å²) in [6.07, 6.45) is 6.47. The summed E-state index contributed by atoms with van der Waals surface area (Å²) in [4.78, 5) is 19.9. The number of carbonyl (C=O) groups is 1. The van der Waals surface area contributed by atoms with Gasteiger partial charge >= 0.3 is 0 Å². The first-order valence-electron chi connectivity index (χ1n) is 4.14. The summed E-state index contributed by atoms with van der Waals surface area (Å²) >= 11 is 0. The van der Waals surface area contributed by atoms with E-state index >= 15 is 0 Å². The van der Waals surface area contributed by atoms with Crippen molar-refractivity contribution in [3.05, 3.63) is 36.2 Å².